The minimum Gasteiger partial charge on any atom is -0.748 e. The summed E-state index contributed by atoms with van der Waals surface area (Å²) >= 11 is 0. The molecule has 7 heterocycles. The molecule has 2 fully saturated rings. The number of H-pyrrole nitrogens is 1. The number of allylic oxidation sites excluding steroid dienone is 1. The summed E-state index contributed by atoms with van der Waals surface area (Å²) in [6.45, 7) is 4.37. The van der Waals surface area contributed by atoms with Crippen LogP contribution in [0.3, 0.4) is 0 Å². The molecule has 1 aromatic heterocycles. The number of hydrogen-bond acceptors (Lipinski definition) is 12. The fourth-order valence-electron chi connectivity index (χ4n) is 17.1. The summed E-state index contributed by atoms with van der Waals surface area (Å²) in [7, 11) is -2.97. The van der Waals surface area contributed by atoms with Crippen molar-refractivity contribution in [2.75, 3.05) is 32.1 Å². The van der Waals surface area contributed by atoms with Crippen molar-refractivity contribution in [1.29, 1.82) is 0 Å². The zero-order valence-corrected chi connectivity index (χ0v) is 55.0. The van der Waals surface area contributed by atoms with E-state index in [4.69, 9.17) is 25.9 Å². The maximum atomic E-state index is 14.4. The van der Waals surface area contributed by atoms with Gasteiger partial charge in [-0.2, -0.15) is 0 Å². The van der Waals surface area contributed by atoms with E-state index < -0.39 is 50.6 Å². The van der Waals surface area contributed by atoms with Crippen LogP contribution in [0, 0.1) is 41.4 Å². The third-order valence-corrected chi connectivity index (χ3v) is 22.6. The summed E-state index contributed by atoms with van der Waals surface area (Å²) in [5.41, 5.74) is 22.6. The number of nitrogens with zero attached hydrogens (tertiary/aromatic N) is 1. The van der Waals surface area contributed by atoms with Gasteiger partial charge in [-0.1, -0.05) is 104 Å². The van der Waals surface area contributed by atoms with E-state index in [9.17, 15) is 28.3 Å². The van der Waals surface area contributed by atoms with Crippen LogP contribution < -0.4 is 61.7 Å². The number of aliphatic hydroxyl groups excluding tert-OH is 1. The molecule has 1 saturated heterocycles. The van der Waals surface area contributed by atoms with Gasteiger partial charge in [-0.3, -0.25) is 0 Å². The normalized spacial score (nSPS) is 29.7. The molecule has 14 unspecified atom stereocenters. The van der Waals surface area contributed by atoms with Crippen molar-refractivity contribution in [1.82, 2.24) is 15.6 Å². The second-order valence-electron chi connectivity index (χ2n) is 27.0. The van der Waals surface area contributed by atoms with Crippen molar-refractivity contribution >= 4 is 21.9 Å². The second-order valence-corrected chi connectivity index (χ2v) is 28.6. The first-order valence-corrected chi connectivity index (χ1v) is 33.9. The standard InChI is InChI=1S/C73H87N7O8S.Na/c1-44-15-16-49-34-58-22-24-60(49)62(44)38-67(89(84,85)86)65-36-53-32-52(35-59-30-46(43-81)11-6-12-48-33-57(82)21-23-61(48)70(53)87-59)69(65)47-17-19-55(20-18-47)73(88-58,80-71(74)75)40-56(29-45-9-4-3-5-10-45)72(83)26-7-13-51(39-72)63-37-64-50(31-54(63)41-76-2)25-28-77-66(64)42-79-68-14-8-27-78-68;/h3-5,8-10,14,17-24,27,31,33-34,36-37,44,46,51-52,56,59,62,65-67,69-70,76-79,81-83H,7,11,13,15-16,25-26,28-30,32,35,38-43H2,1-2H3,(H4,74,75,80)(H,84,85,86);/q;+1/p-1. The molecule has 6 aliphatic heterocycles. The van der Waals surface area contributed by atoms with Gasteiger partial charge in [0.25, 0.3) is 0 Å². The predicted molar refractivity (Wildman–Crippen MR) is 346 cm³/mol. The maximum absolute atomic E-state index is 14.4. The molecule has 0 amide bonds. The van der Waals surface area contributed by atoms with Crippen molar-refractivity contribution in [2.24, 2.45) is 46.0 Å². The van der Waals surface area contributed by atoms with Gasteiger partial charge in [0.05, 0.1) is 27.1 Å². The molecule has 14 atom stereocenters. The van der Waals surface area contributed by atoms with Crippen LogP contribution in [0.25, 0.3) is 0 Å². The number of guanidine groups is 1. The number of nitrogens with one attached hydrogen (secondary N) is 4. The summed E-state index contributed by atoms with van der Waals surface area (Å²) in [4.78, 5) is 8.53. The van der Waals surface area contributed by atoms with Gasteiger partial charge in [-0.25, -0.2) is 13.4 Å². The Bertz CT molecular complexity index is 3780. The molecule has 5 aromatic carbocycles. The predicted octanol–water partition coefficient (Wildman–Crippen LogP) is 7.50. The topological polar surface area (TPSA) is 253 Å². The van der Waals surface area contributed by atoms with E-state index >= 15 is 0 Å². The molecule has 0 radical (unpaired) electrons. The molecule has 90 heavy (non-hydrogen) atoms. The number of benzene rings is 5. The van der Waals surface area contributed by atoms with Crippen LogP contribution in [-0.4, -0.2) is 82.9 Å². The number of rotatable bonds is 14. The number of phenols is 1. The van der Waals surface area contributed by atoms with Crippen LogP contribution in [-0.2, 0) is 46.4 Å². The van der Waals surface area contributed by atoms with Crippen LogP contribution in [0.2, 0.25) is 0 Å². The summed E-state index contributed by atoms with van der Waals surface area (Å²) in [6.07, 6.45) is 11.1. The SMILES string of the molecule is CNCc1cc2c(cc1C1CCCC(O)(C(Cc3ccccc3)CC3(N=C(N)N)Oc4ccc5c(c4)CCC(C)C5CC(S(=O)(=O)[O-])C4C=C5CC(CC6CC(CO)CC#Cc7cc(O)ccc7C5O6)C4c4ccc3cc4)C1)C(CNc1ccc[nH]1)NCC2.[Na+]. The van der Waals surface area contributed by atoms with Gasteiger partial charge in [0.15, 0.2) is 5.96 Å². The summed E-state index contributed by atoms with van der Waals surface area (Å²) in [6, 6.07) is 38.6. The van der Waals surface area contributed by atoms with Crippen molar-refractivity contribution in [3.05, 3.63) is 194 Å². The van der Waals surface area contributed by atoms with E-state index in [0.29, 0.717) is 81.3 Å². The second kappa shape index (κ2) is 27.0. The molecular formula is C73H86N7NaO8S. The van der Waals surface area contributed by atoms with Crippen LogP contribution in [0.1, 0.15) is 169 Å². The molecule has 10 bridgehead atoms. The number of anilines is 1. The number of aryl methyl sites for hydroxylation is 1. The molecule has 1 saturated carbocycles. The first-order valence-electron chi connectivity index (χ1n) is 32.5. The van der Waals surface area contributed by atoms with Gasteiger partial charge in [0, 0.05) is 61.5 Å². The molecular weight excluding hydrogens is 1160 g/mol. The van der Waals surface area contributed by atoms with E-state index in [-0.39, 0.29) is 102 Å². The van der Waals surface area contributed by atoms with E-state index in [2.05, 4.69) is 82.2 Å². The Morgan fingerprint density at radius 2 is 1.73 bits per heavy atom. The van der Waals surface area contributed by atoms with Gasteiger partial charge in [-0.15, -0.1) is 0 Å². The molecule has 9 aliphatic rings. The first-order chi connectivity index (χ1) is 43.0. The molecule has 15 nitrogen and oxygen atoms in total. The van der Waals surface area contributed by atoms with E-state index in [1.165, 1.54) is 22.3 Å². The third-order valence-electron chi connectivity index (χ3n) is 21.4. The Hall–Kier alpha value is -5.94. The fourth-order valence-corrected chi connectivity index (χ4v) is 18.2. The summed E-state index contributed by atoms with van der Waals surface area (Å²) < 4.78 is 58.1. The number of fused-ring (bicyclic) bond motifs is 9. The van der Waals surface area contributed by atoms with Crippen LogP contribution in [0.5, 0.6) is 11.5 Å². The van der Waals surface area contributed by atoms with Gasteiger partial charge in [0.1, 0.15) is 23.4 Å². The quantitative estimate of drug-likeness (QED) is 0.0128. The Labute approximate surface area is 552 Å². The minimum atomic E-state index is -4.96. The fraction of sp³-hybridized carbons (Fsp3) is 0.466. The van der Waals surface area contributed by atoms with Crippen LogP contribution in [0.15, 0.2) is 138 Å². The molecule has 6 aromatic rings. The molecule has 0 spiro atoms. The number of aromatic hydroxyl groups is 1. The Morgan fingerprint density at radius 1 is 0.922 bits per heavy atom. The number of aromatic nitrogens is 1. The summed E-state index contributed by atoms with van der Waals surface area (Å²) in [5.74, 6) is 5.74. The average Bonchev–Trinajstić information content (AvgIpc) is 1.39. The number of hydrogen-bond donors (Lipinski definition) is 9. The Morgan fingerprint density at radius 3 is 2.50 bits per heavy atom. The van der Waals surface area contributed by atoms with Crippen molar-refractivity contribution in [3.63, 3.8) is 0 Å². The van der Waals surface area contributed by atoms with Gasteiger partial charge >= 0.3 is 29.6 Å². The van der Waals surface area contributed by atoms with E-state index in [1.54, 1.807) is 12.1 Å². The number of phenolic OH excluding ortho intramolecular Hbond substituents is 1. The molecule has 15 rings (SSSR count). The van der Waals surface area contributed by atoms with E-state index in [0.717, 1.165) is 71.4 Å². The molecule has 17 heteroatoms. The molecule has 11 N–H and O–H groups in total. The Kier molecular flexibility index (Phi) is 19.2. The van der Waals surface area contributed by atoms with E-state index in [1.807, 2.05) is 80.0 Å². The number of aliphatic hydroxyl groups is 2. The number of ether oxygens (including phenoxy) is 2. The number of aromatic amines is 1. The van der Waals surface area contributed by atoms with Crippen LogP contribution in [0.4, 0.5) is 5.82 Å². The molecule has 3 aliphatic carbocycles. The zero-order valence-electron chi connectivity index (χ0n) is 52.2. The van der Waals surface area contributed by atoms with Crippen molar-refractivity contribution in [3.8, 4) is 23.3 Å². The largest absolute Gasteiger partial charge is 1.00 e. The number of aliphatic imine (C=N–C) groups is 1. The van der Waals surface area contributed by atoms with Crippen LogP contribution >= 0.6 is 0 Å². The maximum Gasteiger partial charge on any atom is 1.00 e. The smallest absolute Gasteiger partial charge is 0.748 e. The van der Waals surface area contributed by atoms with Crippen molar-refractivity contribution in [2.45, 2.75) is 156 Å². The zero-order chi connectivity index (χ0) is 61.6. The third kappa shape index (κ3) is 13.3. The summed E-state index contributed by atoms with van der Waals surface area (Å²) in [5, 5.41) is 45.1. The average molecular weight is 1240 g/mol. The van der Waals surface area contributed by atoms with Crippen molar-refractivity contribution < 1.29 is 67.3 Å². The monoisotopic (exact) mass is 1240 g/mol. The minimum absolute atomic E-state index is 0. The Balaban J connectivity index is 0.00000785. The first kappa shape index (κ1) is 64.2. The van der Waals surface area contributed by atoms with Gasteiger partial charge in [-0.05, 0) is 224 Å². The van der Waals surface area contributed by atoms with Gasteiger partial charge in [0.2, 0.25) is 5.72 Å². The number of nitrogens with two attached hydrogens (primary N) is 2. The molecule has 468 valence electrons. The van der Waals surface area contributed by atoms with Gasteiger partial charge < -0.3 is 61.7 Å².